The average molecular weight is 341 g/mol. The van der Waals surface area contributed by atoms with Crippen LogP contribution in [0.2, 0.25) is 4.34 Å². The molecule has 1 aliphatic carbocycles. The fourth-order valence-corrected chi connectivity index (χ4v) is 4.74. The van der Waals surface area contributed by atoms with Gasteiger partial charge in [0, 0.05) is 10.8 Å². The minimum atomic E-state index is -0.960. The van der Waals surface area contributed by atoms with Gasteiger partial charge in [0.25, 0.3) is 0 Å². The van der Waals surface area contributed by atoms with Gasteiger partial charge in [-0.15, -0.1) is 34.5 Å². The smallest absolute Gasteiger partial charge is 0.230 e. The Kier molecular flexibility index (Phi) is 4.14. The molecule has 2 rings (SSSR count). The van der Waals surface area contributed by atoms with Crippen molar-refractivity contribution >= 4 is 52.0 Å². The van der Waals surface area contributed by atoms with E-state index < -0.39 is 9.75 Å². The number of alkyl halides is 2. The molecule has 0 radical (unpaired) electrons. The van der Waals surface area contributed by atoms with Crippen LogP contribution in [0, 0.1) is 11.3 Å². The van der Waals surface area contributed by atoms with E-state index in [1.54, 1.807) is 0 Å². The van der Waals surface area contributed by atoms with Crippen LogP contribution < -0.4 is 5.32 Å². The van der Waals surface area contributed by atoms with Crippen LogP contribution in [-0.4, -0.2) is 10.2 Å². The quantitative estimate of drug-likeness (QED) is 0.784. The fourth-order valence-electron chi connectivity index (χ4n) is 2.65. The topological polar surface area (TPSA) is 29.1 Å². The lowest BCUT2D eigenvalue weighted by atomic mass is 9.99. The van der Waals surface area contributed by atoms with Crippen LogP contribution in [0.15, 0.2) is 12.1 Å². The molecule has 0 aromatic carbocycles. The number of thiophene rings is 1. The average Bonchev–Trinajstić information content (AvgIpc) is 2.67. The van der Waals surface area contributed by atoms with E-state index in [4.69, 9.17) is 34.8 Å². The minimum Gasteiger partial charge on any atom is -0.348 e. The molecule has 6 heteroatoms. The number of rotatable bonds is 4. The first-order valence-electron chi connectivity index (χ1n) is 6.21. The van der Waals surface area contributed by atoms with E-state index in [0.717, 1.165) is 4.88 Å². The van der Waals surface area contributed by atoms with Crippen molar-refractivity contribution in [1.82, 2.24) is 5.32 Å². The zero-order chi connectivity index (χ0) is 14.4. The molecule has 3 atom stereocenters. The van der Waals surface area contributed by atoms with Gasteiger partial charge in [-0.25, -0.2) is 0 Å². The molecule has 1 fully saturated rings. The number of carbonyl (C=O) groups excluding carboxylic acids is 1. The first-order chi connectivity index (χ1) is 8.77. The fraction of sp³-hybridized carbons (Fsp3) is 0.615. The van der Waals surface area contributed by atoms with Crippen molar-refractivity contribution in [2.75, 3.05) is 0 Å². The van der Waals surface area contributed by atoms with Gasteiger partial charge >= 0.3 is 0 Å². The highest BCUT2D eigenvalue weighted by Gasteiger charge is 2.76. The summed E-state index contributed by atoms with van der Waals surface area (Å²) < 4.78 is -0.247. The Labute approximate surface area is 132 Å². The lowest BCUT2D eigenvalue weighted by Gasteiger charge is -2.19. The standard InChI is InChI=1S/C13H16Cl3NOS/c1-4-12(8(3)13(12,15)16)11(18)17-7(2)9-5-6-10(14)19-9/h5-8H,4H2,1-3H3,(H,17,18). The molecule has 0 aliphatic heterocycles. The second-order valence-corrected chi connectivity index (χ2v) is 8.14. The van der Waals surface area contributed by atoms with Gasteiger partial charge in [-0.1, -0.05) is 25.4 Å². The minimum absolute atomic E-state index is 0.0348. The first kappa shape index (κ1) is 15.4. The molecule has 0 saturated heterocycles. The highest BCUT2D eigenvalue weighted by Crippen LogP contribution is 2.70. The van der Waals surface area contributed by atoms with Gasteiger partial charge in [-0.2, -0.15) is 0 Å². The van der Waals surface area contributed by atoms with E-state index in [9.17, 15) is 4.79 Å². The van der Waals surface area contributed by atoms with E-state index in [1.165, 1.54) is 11.3 Å². The Morgan fingerprint density at radius 2 is 2.11 bits per heavy atom. The Hall–Kier alpha value is 0.0400. The molecule has 1 amide bonds. The van der Waals surface area contributed by atoms with Gasteiger partial charge < -0.3 is 5.32 Å². The molecule has 1 N–H and O–H groups in total. The van der Waals surface area contributed by atoms with E-state index in [-0.39, 0.29) is 17.9 Å². The summed E-state index contributed by atoms with van der Waals surface area (Å²) in [4.78, 5) is 13.5. The third-order valence-electron chi connectivity index (χ3n) is 4.13. The molecule has 1 aromatic heterocycles. The van der Waals surface area contributed by atoms with Crippen LogP contribution in [0.25, 0.3) is 0 Å². The van der Waals surface area contributed by atoms with Crippen molar-refractivity contribution in [1.29, 1.82) is 0 Å². The van der Waals surface area contributed by atoms with Crippen molar-refractivity contribution in [3.8, 4) is 0 Å². The van der Waals surface area contributed by atoms with Gasteiger partial charge in [0.15, 0.2) is 0 Å². The van der Waals surface area contributed by atoms with E-state index in [1.807, 2.05) is 32.9 Å². The first-order valence-corrected chi connectivity index (χ1v) is 8.16. The highest BCUT2D eigenvalue weighted by atomic mass is 35.5. The largest absolute Gasteiger partial charge is 0.348 e. The third kappa shape index (κ3) is 2.29. The van der Waals surface area contributed by atoms with Gasteiger partial charge in [0.2, 0.25) is 5.91 Å². The molecule has 2 nitrogen and oxygen atoms in total. The molecular formula is C13H16Cl3NOS. The van der Waals surface area contributed by atoms with Crippen LogP contribution in [0.3, 0.4) is 0 Å². The summed E-state index contributed by atoms with van der Waals surface area (Å²) >= 11 is 19.8. The van der Waals surface area contributed by atoms with Gasteiger partial charge in [0.05, 0.1) is 15.8 Å². The number of hydrogen-bond acceptors (Lipinski definition) is 2. The van der Waals surface area contributed by atoms with E-state index in [2.05, 4.69) is 5.32 Å². The van der Waals surface area contributed by atoms with E-state index >= 15 is 0 Å². The molecule has 0 spiro atoms. The Morgan fingerprint density at radius 1 is 1.53 bits per heavy atom. The normalized spacial score (nSPS) is 29.9. The zero-order valence-corrected chi connectivity index (χ0v) is 14.1. The summed E-state index contributed by atoms with van der Waals surface area (Å²) in [5, 5.41) is 2.99. The SMILES string of the molecule is CCC1(C(=O)NC(C)c2ccc(Cl)s2)C(C)C1(Cl)Cl. The molecule has 1 aromatic rings. The molecule has 0 bridgehead atoms. The van der Waals surface area contributed by atoms with Crippen molar-refractivity contribution in [2.45, 2.75) is 37.6 Å². The molecule has 19 heavy (non-hydrogen) atoms. The zero-order valence-electron chi connectivity index (χ0n) is 11.0. The molecule has 106 valence electrons. The Balaban J connectivity index is 2.10. The van der Waals surface area contributed by atoms with Crippen molar-refractivity contribution in [3.05, 3.63) is 21.3 Å². The third-order valence-corrected chi connectivity index (χ3v) is 6.87. The summed E-state index contributed by atoms with van der Waals surface area (Å²) in [5.74, 6) is -0.114. The predicted octanol–water partition coefficient (Wildman–Crippen LogP) is 4.80. The number of nitrogens with one attached hydrogen (secondary N) is 1. The molecule has 3 unspecified atom stereocenters. The maximum Gasteiger partial charge on any atom is 0.230 e. The maximum atomic E-state index is 12.5. The number of carbonyl (C=O) groups is 1. The lowest BCUT2D eigenvalue weighted by Crippen LogP contribution is -2.36. The van der Waals surface area contributed by atoms with Crippen molar-refractivity contribution in [2.24, 2.45) is 11.3 Å². The summed E-state index contributed by atoms with van der Waals surface area (Å²) in [6, 6.07) is 3.65. The summed E-state index contributed by atoms with van der Waals surface area (Å²) in [7, 11) is 0. The van der Waals surface area contributed by atoms with Crippen LogP contribution in [-0.2, 0) is 4.79 Å². The number of halogens is 3. The highest BCUT2D eigenvalue weighted by molar-refractivity contribution is 7.16. The monoisotopic (exact) mass is 339 g/mol. The van der Waals surface area contributed by atoms with Gasteiger partial charge in [-0.3, -0.25) is 4.79 Å². The van der Waals surface area contributed by atoms with Crippen LogP contribution >= 0.6 is 46.1 Å². The Bertz CT molecular complexity index is 502. The second kappa shape index (κ2) is 5.10. The second-order valence-electron chi connectivity index (χ2n) is 5.01. The summed E-state index contributed by atoms with van der Waals surface area (Å²) in [6.45, 7) is 5.78. The summed E-state index contributed by atoms with van der Waals surface area (Å²) in [5.41, 5.74) is -0.675. The molecule has 1 heterocycles. The number of hydrogen-bond donors (Lipinski definition) is 1. The number of amides is 1. The van der Waals surface area contributed by atoms with Crippen LogP contribution in [0.4, 0.5) is 0 Å². The maximum absolute atomic E-state index is 12.5. The van der Waals surface area contributed by atoms with Gasteiger partial charge in [-0.05, 0) is 25.5 Å². The Morgan fingerprint density at radius 3 is 2.47 bits per heavy atom. The van der Waals surface area contributed by atoms with Crippen molar-refractivity contribution in [3.63, 3.8) is 0 Å². The summed E-state index contributed by atoms with van der Waals surface area (Å²) in [6.07, 6.45) is 0.630. The predicted molar refractivity (Wildman–Crippen MR) is 82.2 cm³/mol. The molecular weight excluding hydrogens is 325 g/mol. The lowest BCUT2D eigenvalue weighted by molar-refractivity contribution is -0.127. The molecule has 1 saturated carbocycles. The van der Waals surface area contributed by atoms with E-state index in [0.29, 0.717) is 10.8 Å². The van der Waals surface area contributed by atoms with Crippen LogP contribution in [0.5, 0.6) is 0 Å². The van der Waals surface area contributed by atoms with Gasteiger partial charge in [0.1, 0.15) is 4.33 Å². The van der Waals surface area contributed by atoms with Crippen LogP contribution in [0.1, 0.15) is 38.1 Å². The molecule has 1 aliphatic rings. The van der Waals surface area contributed by atoms with Crippen molar-refractivity contribution < 1.29 is 4.79 Å².